The lowest BCUT2D eigenvalue weighted by molar-refractivity contribution is -0.151. The van der Waals surface area contributed by atoms with Crippen LogP contribution in [0.3, 0.4) is 0 Å². The molecule has 8 rings (SSSR count). The first-order valence-corrected chi connectivity index (χ1v) is 20.4. The van der Waals surface area contributed by atoms with Gasteiger partial charge in [-0.2, -0.15) is 13.2 Å². The maximum atomic E-state index is 14.7. The van der Waals surface area contributed by atoms with E-state index in [1.54, 1.807) is 24.4 Å². The number of carbonyl (C=O) groups excluding carboxylic acids is 1. The highest BCUT2D eigenvalue weighted by Crippen LogP contribution is 2.47. The molecule has 5 fully saturated rings. The number of ether oxygens (including phenoxy) is 1. The standard InChI is InChI=1S/C42H49F7N4O4/c43-40(44)11-9-29(10-12-40)53-21-34(32-6-5-31(19-36(32)53)57-30-3-1-28(2-4-30)52-22-41(45,46)23-52)35-8-7-33(38(51-35)42(47,48)49)39(56)50-20-27-16-24-13-25(17-27)15-26(14-24)18-37(54)55/h5-8,19,21,24-30H,1-4,9-18,20,22-23H2,(H,50,56)(H,54,55). The Morgan fingerprint density at radius 3 is 2.14 bits per heavy atom. The average molecular weight is 807 g/mol. The topological polar surface area (TPSA) is 96.7 Å². The number of pyridine rings is 1. The van der Waals surface area contributed by atoms with Crippen LogP contribution in [0.2, 0.25) is 0 Å². The van der Waals surface area contributed by atoms with E-state index in [0.29, 0.717) is 46.9 Å². The second-order valence-corrected chi connectivity index (χ2v) is 17.6. The zero-order valence-corrected chi connectivity index (χ0v) is 31.7. The van der Waals surface area contributed by atoms with Crippen molar-refractivity contribution in [1.29, 1.82) is 0 Å². The number of rotatable bonds is 10. The Bertz CT molecular complexity index is 1940. The third-order valence-corrected chi connectivity index (χ3v) is 13.2. The summed E-state index contributed by atoms with van der Waals surface area (Å²) in [7, 11) is 0. The van der Waals surface area contributed by atoms with E-state index in [1.165, 1.54) is 6.07 Å². The zero-order chi connectivity index (χ0) is 40.3. The van der Waals surface area contributed by atoms with Crippen LogP contribution in [-0.2, 0) is 11.0 Å². The van der Waals surface area contributed by atoms with Crippen LogP contribution in [-0.4, -0.2) is 75.1 Å². The van der Waals surface area contributed by atoms with E-state index < -0.39 is 41.2 Å². The largest absolute Gasteiger partial charge is 0.490 e. The van der Waals surface area contributed by atoms with Crippen LogP contribution in [0.4, 0.5) is 30.7 Å². The summed E-state index contributed by atoms with van der Waals surface area (Å²) in [5.74, 6) is -5.69. The molecule has 57 heavy (non-hydrogen) atoms. The summed E-state index contributed by atoms with van der Waals surface area (Å²) in [5.41, 5.74) is -0.935. The SMILES string of the molecule is O=C(O)CC1CC2CC(CNC(=O)c3ccc(-c4cn(C5CCC(F)(F)CC5)c5cc(OC6CCC(N7CC(F)(F)C7)CC6)ccc45)nc3C(F)(F)F)CC(C1)C2. The second kappa shape index (κ2) is 15.4. The highest BCUT2D eigenvalue weighted by Gasteiger charge is 2.47. The van der Waals surface area contributed by atoms with Crippen LogP contribution in [0.15, 0.2) is 36.5 Å². The van der Waals surface area contributed by atoms with Crippen molar-refractivity contribution in [3.8, 4) is 17.0 Å². The van der Waals surface area contributed by atoms with Gasteiger partial charge in [-0.15, -0.1) is 0 Å². The molecule has 2 aromatic heterocycles. The molecule has 0 spiro atoms. The third kappa shape index (κ3) is 8.92. The number of halogens is 7. The zero-order valence-electron chi connectivity index (χ0n) is 31.7. The molecule has 4 saturated carbocycles. The molecule has 2 unspecified atom stereocenters. The molecule has 1 aromatic carbocycles. The molecule has 2 atom stereocenters. The van der Waals surface area contributed by atoms with Crippen molar-refractivity contribution in [2.45, 2.75) is 126 Å². The lowest BCUT2D eigenvalue weighted by Gasteiger charge is -2.46. The van der Waals surface area contributed by atoms with Crippen LogP contribution in [0.5, 0.6) is 5.75 Å². The van der Waals surface area contributed by atoms with E-state index in [-0.39, 0.29) is 87.5 Å². The maximum absolute atomic E-state index is 14.7. The minimum atomic E-state index is -4.95. The molecule has 5 aliphatic rings. The summed E-state index contributed by atoms with van der Waals surface area (Å²) in [6.07, 6.45) is 3.41. The van der Waals surface area contributed by atoms with Gasteiger partial charge in [-0.25, -0.2) is 22.5 Å². The van der Waals surface area contributed by atoms with Gasteiger partial charge in [0.25, 0.3) is 11.8 Å². The van der Waals surface area contributed by atoms with Gasteiger partial charge in [-0.1, -0.05) is 0 Å². The molecule has 8 nitrogen and oxygen atoms in total. The minimum absolute atomic E-state index is 0.0108. The van der Waals surface area contributed by atoms with E-state index in [0.717, 1.165) is 51.0 Å². The van der Waals surface area contributed by atoms with E-state index >= 15 is 0 Å². The van der Waals surface area contributed by atoms with Gasteiger partial charge in [0.05, 0.1) is 36.0 Å². The molecular formula is C42H49F7N4O4. The molecule has 1 amide bonds. The summed E-state index contributed by atoms with van der Waals surface area (Å²) in [4.78, 5) is 30.5. The van der Waals surface area contributed by atoms with Crippen molar-refractivity contribution in [3.63, 3.8) is 0 Å². The molecule has 2 bridgehead atoms. The number of carbonyl (C=O) groups is 2. The van der Waals surface area contributed by atoms with Crippen LogP contribution in [0.25, 0.3) is 22.2 Å². The number of likely N-dealkylation sites (tertiary alicyclic amines) is 1. The smallest absolute Gasteiger partial charge is 0.434 e. The number of benzene rings is 1. The highest BCUT2D eigenvalue weighted by atomic mass is 19.4. The lowest BCUT2D eigenvalue weighted by Crippen LogP contribution is -2.60. The molecular weight excluding hydrogens is 757 g/mol. The van der Waals surface area contributed by atoms with Crippen molar-refractivity contribution in [3.05, 3.63) is 47.8 Å². The van der Waals surface area contributed by atoms with Gasteiger partial charge in [0.1, 0.15) is 5.75 Å². The summed E-state index contributed by atoms with van der Waals surface area (Å²) in [5, 5.41) is 12.5. The number of fused-ring (bicyclic) bond motifs is 3. The Kier molecular flexibility index (Phi) is 10.8. The first-order valence-electron chi connectivity index (χ1n) is 20.4. The molecule has 2 N–H and O–H groups in total. The summed E-state index contributed by atoms with van der Waals surface area (Å²) >= 11 is 0. The fraction of sp³-hybridized carbons (Fsp3) is 0.643. The van der Waals surface area contributed by atoms with Crippen LogP contribution >= 0.6 is 0 Å². The third-order valence-electron chi connectivity index (χ3n) is 13.2. The van der Waals surface area contributed by atoms with Crippen molar-refractivity contribution in [2.24, 2.45) is 23.7 Å². The second-order valence-electron chi connectivity index (χ2n) is 17.6. The predicted octanol–water partition coefficient (Wildman–Crippen LogP) is 9.76. The Labute approximate surface area is 326 Å². The number of hydrogen-bond acceptors (Lipinski definition) is 5. The monoisotopic (exact) mass is 806 g/mol. The predicted molar refractivity (Wildman–Crippen MR) is 197 cm³/mol. The Morgan fingerprint density at radius 2 is 1.51 bits per heavy atom. The molecule has 3 aromatic rings. The van der Waals surface area contributed by atoms with Gasteiger partial charge in [0, 0.05) is 61.1 Å². The van der Waals surface area contributed by atoms with Crippen LogP contribution < -0.4 is 10.1 Å². The van der Waals surface area contributed by atoms with Gasteiger partial charge in [-0.3, -0.25) is 14.5 Å². The normalized spacial score (nSPS) is 29.1. The van der Waals surface area contributed by atoms with Gasteiger partial charge in [-0.05, 0) is 119 Å². The molecule has 3 heterocycles. The number of hydrogen-bond donors (Lipinski definition) is 2. The average Bonchev–Trinajstić information content (AvgIpc) is 3.50. The van der Waals surface area contributed by atoms with Gasteiger partial charge in [0.2, 0.25) is 5.92 Å². The van der Waals surface area contributed by atoms with E-state index in [2.05, 4.69) is 10.3 Å². The quantitative estimate of drug-likeness (QED) is 0.198. The van der Waals surface area contributed by atoms with Gasteiger partial charge in [0.15, 0.2) is 5.69 Å². The van der Waals surface area contributed by atoms with Crippen molar-refractivity contribution < 1.29 is 50.2 Å². The number of aliphatic carboxylic acids is 1. The van der Waals surface area contributed by atoms with Crippen molar-refractivity contribution >= 4 is 22.8 Å². The molecule has 15 heteroatoms. The summed E-state index contributed by atoms with van der Waals surface area (Å²) < 4.78 is 107. The van der Waals surface area contributed by atoms with Crippen LogP contribution in [0.1, 0.15) is 112 Å². The number of alkyl halides is 7. The number of nitrogens with one attached hydrogen (secondary N) is 1. The summed E-state index contributed by atoms with van der Waals surface area (Å²) in [6, 6.07) is 7.53. The Balaban J connectivity index is 1.01. The maximum Gasteiger partial charge on any atom is 0.434 e. The first kappa shape index (κ1) is 39.9. The number of amides is 1. The number of carboxylic acid groups (broad SMARTS) is 1. The van der Waals surface area contributed by atoms with Crippen LogP contribution in [0, 0.1) is 23.7 Å². The first-order chi connectivity index (χ1) is 27.0. The lowest BCUT2D eigenvalue weighted by atomic mass is 9.64. The van der Waals surface area contributed by atoms with E-state index in [4.69, 9.17) is 4.74 Å². The molecule has 0 radical (unpaired) electrons. The number of nitrogens with zero attached hydrogens (tertiary/aromatic N) is 3. The fourth-order valence-electron chi connectivity index (χ4n) is 10.7. The van der Waals surface area contributed by atoms with E-state index in [1.807, 2.05) is 9.47 Å². The summed E-state index contributed by atoms with van der Waals surface area (Å²) in [6.45, 7) is -0.225. The number of aromatic nitrogens is 2. The van der Waals surface area contributed by atoms with E-state index in [9.17, 15) is 45.4 Å². The molecule has 1 aliphatic heterocycles. The molecule has 310 valence electrons. The number of carboxylic acids is 1. The molecule has 4 aliphatic carbocycles. The van der Waals surface area contributed by atoms with Gasteiger partial charge < -0.3 is 19.7 Å². The highest BCUT2D eigenvalue weighted by molar-refractivity contribution is 5.98. The Hall–Kier alpha value is -3.88. The Morgan fingerprint density at radius 1 is 0.842 bits per heavy atom. The minimum Gasteiger partial charge on any atom is -0.490 e. The van der Waals surface area contributed by atoms with Crippen molar-refractivity contribution in [1.82, 2.24) is 19.8 Å². The molecule has 1 saturated heterocycles. The fourth-order valence-corrected chi connectivity index (χ4v) is 10.7. The van der Waals surface area contributed by atoms with Gasteiger partial charge >= 0.3 is 12.1 Å². The van der Waals surface area contributed by atoms with Crippen molar-refractivity contribution in [2.75, 3.05) is 19.6 Å².